The van der Waals surface area contributed by atoms with Crippen molar-refractivity contribution >= 4 is 0 Å². The summed E-state index contributed by atoms with van der Waals surface area (Å²) < 4.78 is 118. The van der Waals surface area contributed by atoms with Crippen molar-refractivity contribution in [2.75, 3.05) is 26.5 Å². The molecule has 0 bridgehead atoms. The molecule has 4 nitrogen and oxygen atoms in total. The predicted molar refractivity (Wildman–Crippen MR) is 106 cm³/mol. The fraction of sp³-hybridized carbons (Fsp3) is 0.478. The van der Waals surface area contributed by atoms with Gasteiger partial charge in [0.2, 0.25) is 0 Å². The highest BCUT2D eigenvalue weighted by atomic mass is 19.3. The number of hydrogen-bond donors (Lipinski definition) is 0. The molecule has 0 saturated carbocycles. The third-order valence-electron chi connectivity index (χ3n) is 5.03. The van der Waals surface area contributed by atoms with Crippen molar-refractivity contribution in [3.8, 4) is 11.5 Å². The highest BCUT2D eigenvalue weighted by Gasteiger charge is 2.42. The highest BCUT2D eigenvalue weighted by Crippen LogP contribution is 2.38. The van der Waals surface area contributed by atoms with Gasteiger partial charge in [0, 0.05) is 30.0 Å². The second-order valence-electron chi connectivity index (χ2n) is 7.74. The molecule has 0 N–H and O–H groups in total. The smallest absolute Gasteiger partial charge is 0.432 e. The predicted octanol–water partition coefficient (Wildman–Crippen LogP) is 6.57. The number of rotatable bonds is 10. The van der Waals surface area contributed by atoms with Crippen LogP contribution in [0.1, 0.15) is 43.6 Å². The molecule has 11 heteroatoms. The van der Waals surface area contributed by atoms with Crippen LogP contribution in [0.25, 0.3) is 0 Å². The van der Waals surface area contributed by atoms with Crippen LogP contribution in [0, 0.1) is 29.2 Å². The molecule has 0 amide bonds. The average molecular weight is 496 g/mol. The van der Waals surface area contributed by atoms with Crippen LogP contribution in [0.5, 0.6) is 11.5 Å². The van der Waals surface area contributed by atoms with Gasteiger partial charge in [0.1, 0.15) is 22.9 Å². The third-order valence-corrected chi connectivity index (χ3v) is 5.03. The fourth-order valence-corrected chi connectivity index (χ4v) is 3.48. The lowest BCUT2D eigenvalue weighted by Crippen LogP contribution is -2.28. The van der Waals surface area contributed by atoms with Gasteiger partial charge in [-0.2, -0.15) is 8.78 Å². The molecule has 0 aromatic heterocycles. The van der Waals surface area contributed by atoms with Gasteiger partial charge in [0.05, 0.1) is 26.5 Å². The molecule has 1 saturated heterocycles. The summed E-state index contributed by atoms with van der Waals surface area (Å²) in [6.07, 6.45) is -4.15. The van der Waals surface area contributed by atoms with E-state index >= 15 is 0 Å². The van der Waals surface area contributed by atoms with Crippen molar-refractivity contribution in [2.24, 2.45) is 5.92 Å². The largest absolute Gasteiger partial charge is 0.488 e. The molecule has 1 aliphatic rings. The fourth-order valence-electron chi connectivity index (χ4n) is 3.48. The van der Waals surface area contributed by atoms with Crippen LogP contribution < -0.4 is 9.47 Å². The lowest BCUT2D eigenvalue weighted by Gasteiger charge is -2.30. The Hall–Kier alpha value is -2.53. The molecule has 188 valence electrons. The SMILES string of the molecule is CCCC1COC(c2cc(F)c(C(F)(F)Oc3cc(F)c(OCCCF)c(F)c3)c(F)c2)OC1. The zero-order valence-electron chi connectivity index (χ0n) is 18.2. The molecule has 0 radical (unpaired) electrons. The van der Waals surface area contributed by atoms with Crippen LogP contribution in [0.2, 0.25) is 0 Å². The molecule has 0 aliphatic carbocycles. The van der Waals surface area contributed by atoms with Crippen molar-refractivity contribution in [3.63, 3.8) is 0 Å². The molecule has 1 fully saturated rings. The first-order chi connectivity index (χ1) is 16.2. The Kier molecular flexibility index (Phi) is 8.64. The average Bonchev–Trinajstić information content (AvgIpc) is 2.75. The van der Waals surface area contributed by atoms with Gasteiger partial charge in [-0.1, -0.05) is 13.3 Å². The van der Waals surface area contributed by atoms with Crippen molar-refractivity contribution in [1.82, 2.24) is 0 Å². The molecule has 0 spiro atoms. The van der Waals surface area contributed by atoms with E-state index in [4.69, 9.17) is 14.2 Å². The number of alkyl halides is 3. The normalized spacial score (nSPS) is 18.7. The van der Waals surface area contributed by atoms with E-state index in [1.54, 1.807) is 0 Å². The van der Waals surface area contributed by atoms with E-state index in [1.807, 2.05) is 6.92 Å². The summed E-state index contributed by atoms with van der Waals surface area (Å²) in [5, 5.41) is 0. The maximum absolute atomic E-state index is 14.6. The standard InChI is InChI=1S/C23H23F7O4/c1-2-4-13-11-32-22(33-12-13)14-7-16(25)20(17(26)8-14)23(29,30)34-15-9-18(27)21(19(28)10-15)31-6-3-5-24/h7-10,13,22H,2-6,11-12H2,1H3. The minimum atomic E-state index is -4.62. The quantitative estimate of drug-likeness (QED) is 0.275. The van der Waals surface area contributed by atoms with Gasteiger partial charge >= 0.3 is 6.11 Å². The van der Waals surface area contributed by atoms with Crippen LogP contribution in [0.15, 0.2) is 24.3 Å². The molecule has 0 atom stereocenters. The van der Waals surface area contributed by atoms with E-state index in [0.717, 1.165) is 12.8 Å². The maximum Gasteiger partial charge on any atom is 0.432 e. The number of halogens is 7. The summed E-state index contributed by atoms with van der Waals surface area (Å²) in [4.78, 5) is 0. The summed E-state index contributed by atoms with van der Waals surface area (Å²) >= 11 is 0. The summed E-state index contributed by atoms with van der Waals surface area (Å²) in [6, 6.07) is 1.98. The molecular weight excluding hydrogens is 473 g/mol. The van der Waals surface area contributed by atoms with Gasteiger partial charge in [-0.15, -0.1) is 0 Å². The first-order valence-electron chi connectivity index (χ1n) is 10.6. The van der Waals surface area contributed by atoms with E-state index in [9.17, 15) is 30.7 Å². The first kappa shape index (κ1) is 26.1. The van der Waals surface area contributed by atoms with E-state index < -0.39 is 59.4 Å². The lowest BCUT2D eigenvalue weighted by atomic mass is 10.0. The summed E-state index contributed by atoms with van der Waals surface area (Å²) in [6.45, 7) is 1.42. The second kappa shape index (κ2) is 11.3. The summed E-state index contributed by atoms with van der Waals surface area (Å²) in [5.41, 5.74) is -1.89. The number of benzene rings is 2. The van der Waals surface area contributed by atoms with Crippen LogP contribution in [0.3, 0.4) is 0 Å². The Balaban J connectivity index is 1.77. The zero-order chi connectivity index (χ0) is 24.9. The van der Waals surface area contributed by atoms with Crippen LogP contribution in [-0.4, -0.2) is 26.5 Å². The second-order valence-corrected chi connectivity index (χ2v) is 7.74. The molecule has 0 unspecified atom stereocenters. The Bertz CT molecular complexity index is 932. The van der Waals surface area contributed by atoms with Gasteiger partial charge < -0.3 is 18.9 Å². The van der Waals surface area contributed by atoms with Gasteiger partial charge in [-0.3, -0.25) is 4.39 Å². The van der Waals surface area contributed by atoms with Crippen molar-refractivity contribution < 1.29 is 49.7 Å². The van der Waals surface area contributed by atoms with E-state index in [1.165, 1.54) is 0 Å². The highest BCUT2D eigenvalue weighted by molar-refractivity contribution is 5.36. The first-order valence-corrected chi connectivity index (χ1v) is 10.6. The number of hydrogen-bond acceptors (Lipinski definition) is 4. The van der Waals surface area contributed by atoms with Crippen molar-refractivity contribution in [2.45, 2.75) is 38.6 Å². The summed E-state index contributed by atoms with van der Waals surface area (Å²) in [7, 11) is 0. The monoisotopic (exact) mass is 496 g/mol. The van der Waals surface area contributed by atoms with Crippen molar-refractivity contribution in [3.05, 3.63) is 58.7 Å². The van der Waals surface area contributed by atoms with Gasteiger partial charge in [-0.25, -0.2) is 17.6 Å². The minimum Gasteiger partial charge on any atom is -0.488 e. The van der Waals surface area contributed by atoms with Crippen LogP contribution >= 0.6 is 0 Å². The number of ether oxygens (including phenoxy) is 4. The molecule has 1 heterocycles. The molecule has 3 rings (SSSR count). The molecule has 2 aromatic carbocycles. The molecule has 34 heavy (non-hydrogen) atoms. The third kappa shape index (κ3) is 6.12. The molecular formula is C23H23F7O4. The zero-order valence-corrected chi connectivity index (χ0v) is 18.2. The lowest BCUT2D eigenvalue weighted by molar-refractivity contribution is -0.206. The van der Waals surface area contributed by atoms with Gasteiger partial charge in [0.15, 0.2) is 23.7 Å². The Morgan fingerprint density at radius 1 is 0.941 bits per heavy atom. The van der Waals surface area contributed by atoms with Crippen LogP contribution in [0.4, 0.5) is 30.7 Å². The Morgan fingerprint density at radius 3 is 2.06 bits per heavy atom. The Labute approximate surface area is 191 Å². The van der Waals surface area contributed by atoms with Crippen molar-refractivity contribution in [1.29, 1.82) is 0 Å². The molecule has 1 aliphatic heterocycles. The summed E-state index contributed by atoms with van der Waals surface area (Å²) in [5.74, 6) is -7.97. The van der Waals surface area contributed by atoms with Crippen LogP contribution in [-0.2, 0) is 15.6 Å². The van der Waals surface area contributed by atoms with Gasteiger partial charge in [-0.05, 0) is 18.6 Å². The molecule has 2 aromatic rings. The Morgan fingerprint density at radius 2 is 1.53 bits per heavy atom. The minimum absolute atomic E-state index is 0.120. The van der Waals surface area contributed by atoms with E-state index in [-0.39, 0.29) is 37.7 Å². The topological polar surface area (TPSA) is 36.9 Å². The maximum atomic E-state index is 14.6. The van der Waals surface area contributed by atoms with E-state index in [0.29, 0.717) is 24.3 Å². The van der Waals surface area contributed by atoms with E-state index in [2.05, 4.69) is 4.74 Å². The van der Waals surface area contributed by atoms with Gasteiger partial charge in [0.25, 0.3) is 0 Å².